The highest BCUT2D eigenvalue weighted by Gasteiger charge is 2.50. The van der Waals surface area contributed by atoms with Gasteiger partial charge in [0.2, 0.25) is 5.75 Å². The number of pyridine rings is 1. The van der Waals surface area contributed by atoms with Crippen LogP contribution in [0.4, 0.5) is 5.82 Å². The quantitative estimate of drug-likeness (QED) is 0.522. The Bertz CT molecular complexity index is 584. The topological polar surface area (TPSA) is 94.7 Å². The van der Waals surface area contributed by atoms with Crippen LogP contribution in [0.1, 0.15) is 33.3 Å². The fraction of sp³-hybridized carbons (Fsp3) is 0.462. The van der Waals surface area contributed by atoms with Crippen LogP contribution in [0.2, 0.25) is 0 Å². The van der Waals surface area contributed by atoms with E-state index in [1.807, 2.05) is 27.7 Å². The smallest absolute Gasteiger partial charge is 0.487 e. The number of hydrogen-bond acceptors (Lipinski definition) is 6. The number of nitro groups is 1. The summed E-state index contributed by atoms with van der Waals surface area (Å²) in [7, 11) is -0.521. The Morgan fingerprint density at radius 3 is 2.38 bits per heavy atom. The van der Waals surface area contributed by atoms with Gasteiger partial charge in [0.1, 0.15) is 6.20 Å². The lowest BCUT2D eigenvalue weighted by molar-refractivity contribution is -0.390. The normalized spacial score (nSPS) is 20.1. The third-order valence-electron chi connectivity index (χ3n) is 3.76. The number of nitrogens with zero attached hydrogens (tertiary/aromatic N) is 2. The molecule has 1 saturated heterocycles. The van der Waals surface area contributed by atoms with Gasteiger partial charge in [0, 0.05) is 5.56 Å². The van der Waals surface area contributed by atoms with Crippen LogP contribution in [0, 0.1) is 10.1 Å². The third kappa shape index (κ3) is 3.06. The van der Waals surface area contributed by atoms with Crippen molar-refractivity contribution in [1.82, 2.24) is 4.98 Å². The van der Waals surface area contributed by atoms with Gasteiger partial charge in [-0.2, -0.15) is 0 Å². The van der Waals surface area contributed by atoms with Gasteiger partial charge in [-0.3, -0.25) is 0 Å². The SMILES string of the molecule is CC1(C)OB(/C=C/c2cnc([N+](=O)[O-])c(O)c2)OC1(C)C. The second-order valence-electron chi connectivity index (χ2n) is 5.85. The van der Waals surface area contributed by atoms with E-state index >= 15 is 0 Å². The lowest BCUT2D eigenvalue weighted by atomic mass is 9.89. The van der Waals surface area contributed by atoms with Crippen molar-refractivity contribution in [3.8, 4) is 5.75 Å². The standard InChI is InChI=1S/C13H17BN2O5/c1-12(2)13(3,4)21-14(20-12)6-5-9-7-10(17)11(15-8-9)16(18)19/h5-8,17H,1-4H3/b6-5+. The van der Waals surface area contributed by atoms with Crippen molar-refractivity contribution in [2.24, 2.45) is 0 Å². The van der Waals surface area contributed by atoms with Gasteiger partial charge in [-0.1, -0.05) is 12.1 Å². The first-order valence-electron chi connectivity index (χ1n) is 6.50. The molecule has 21 heavy (non-hydrogen) atoms. The highest BCUT2D eigenvalue weighted by molar-refractivity contribution is 6.52. The fourth-order valence-corrected chi connectivity index (χ4v) is 1.85. The monoisotopic (exact) mass is 292 g/mol. The number of hydrogen-bond donors (Lipinski definition) is 1. The molecule has 8 heteroatoms. The number of aromatic nitrogens is 1. The summed E-state index contributed by atoms with van der Waals surface area (Å²) in [6.07, 6.45) is 2.94. The van der Waals surface area contributed by atoms with Gasteiger partial charge in [-0.15, -0.1) is 0 Å². The lowest BCUT2D eigenvalue weighted by Crippen LogP contribution is -2.41. The molecule has 2 rings (SSSR count). The molecule has 0 saturated carbocycles. The fourth-order valence-electron chi connectivity index (χ4n) is 1.85. The minimum absolute atomic E-state index is 0.433. The molecule has 7 nitrogen and oxygen atoms in total. The predicted molar refractivity (Wildman–Crippen MR) is 77.7 cm³/mol. The summed E-state index contributed by atoms with van der Waals surface area (Å²) in [5.74, 6) is 0.637. The van der Waals surface area contributed by atoms with E-state index in [1.165, 1.54) is 12.3 Å². The maximum absolute atomic E-state index is 10.6. The van der Waals surface area contributed by atoms with Crippen LogP contribution in [0.3, 0.4) is 0 Å². The minimum Gasteiger partial charge on any atom is -0.501 e. The molecule has 2 heterocycles. The van der Waals surface area contributed by atoms with Crippen molar-refractivity contribution in [3.05, 3.63) is 33.9 Å². The average Bonchev–Trinajstić information content (AvgIpc) is 2.55. The second kappa shape index (κ2) is 5.12. The van der Waals surface area contributed by atoms with Crippen molar-refractivity contribution in [1.29, 1.82) is 0 Å². The molecule has 1 N–H and O–H groups in total. The molecule has 0 amide bonds. The van der Waals surface area contributed by atoms with E-state index in [0.29, 0.717) is 5.56 Å². The molecule has 1 aromatic heterocycles. The number of aromatic hydroxyl groups is 1. The average molecular weight is 292 g/mol. The largest absolute Gasteiger partial charge is 0.501 e. The van der Waals surface area contributed by atoms with Crippen LogP contribution in [0.15, 0.2) is 18.2 Å². The summed E-state index contributed by atoms with van der Waals surface area (Å²) in [5.41, 5.74) is -0.344. The summed E-state index contributed by atoms with van der Waals surface area (Å²) in [5, 5.41) is 20.1. The first-order valence-corrected chi connectivity index (χ1v) is 6.50. The molecular weight excluding hydrogens is 275 g/mol. The molecular formula is C13H17BN2O5. The summed E-state index contributed by atoms with van der Waals surface area (Å²) >= 11 is 0. The molecule has 0 radical (unpaired) electrons. The van der Waals surface area contributed by atoms with E-state index < -0.39 is 34.8 Å². The molecule has 1 fully saturated rings. The summed E-state index contributed by atoms with van der Waals surface area (Å²) in [4.78, 5) is 13.4. The summed E-state index contributed by atoms with van der Waals surface area (Å²) < 4.78 is 11.6. The van der Waals surface area contributed by atoms with Gasteiger partial charge in [-0.05, 0) is 43.7 Å². The molecule has 0 spiro atoms. The Morgan fingerprint density at radius 1 is 1.33 bits per heavy atom. The molecule has 112 valence electrons. The van der Waals surface area contributed by atoms with Gasteiger partial charge in [0.05, 0.1) is 11.2 Å². The van der Waals surface area contributed by atoms with Crippen LogP contribution >= 0.6 is 0 Å². The highest BCUT2D eigenvalue weighted by Crippen LogP contribution is 2.37. The third-order valence-corrected chi connectivity index (χ3v) is 3.76. The predicted octanol–water partition coefficient (Wildman–Crippen LogP) is 2.34. The lowest BCUT2D eigenvalue weighted by Gasteiger charge is -2.32. The van der Waals surface area contributed by atoms with Gasteiger partial charge >= 0.3 is 12.9 Å². The van der Waals surface area contributed by atoms with Gasteiger partial charge in [0.15, 0.2) is 0 Å². The van der Waals surface area contributed by atoms with E-state index in [-0.39, 0.29) is 0 Å². The van der Waals surface area contributed by atoms with E-state index in [0.717, 1.165) is 0 Å². The van der Waals surface area contributed by atoms with Crippen LogP contribution in [0.25, 0.3) is 6.08 Å². The Morgan fingerprint density at radius 2 is 1.90 bits per heavy atom. The Kier molecular flexibility index (Phi) is 3.77. The van der Waals surface area contributed by atoms with Crippen LogP contribution < -0.4 is 0 Å². The maximum Gasteiger partial charge on any atom is 0.487 e. The Hall–Kier alpha value is -1.93. The highest BCUT2D eigenvalue weighted by atomic mass is 16.7. The Balaban J connectivity index is 2.13. The van der Waals surface area contributed by atoms with Gasteiger partial charge in [-0.25, -0.2) is 0 Å². The van der Waals surface area contributed by atoms with Crippen LogP contribution in [-0.2, 0) is 9.31 Å². The zero-order valence-electron chi connectivity index (χ0n) is 12.4. The van der Waals surface area contributed by atoms with Crippen molar-refractivity contribution in [2.75, 3.05) is 0 Å². The molecule has 1 aliphatic rings. The van der Waals surface area contributed by atoms with Gasteiger partial charge in [0.25, 0.3) is 0 Å². The van der Waals surface area contributed by atoms with Gasteiger partial charge < -0.3 is 24.5 Å². The molecule has 1 aliphatic heterocycles. The molecule has 0 aromatic carbocycles. The maximum atomic E-state index is 10.6. The van der Waals surface area contributed by atoms with Crippen molar-refractivity contribution in [2.45, 2.75) is 38.9 Å². The summed E-state index contributed by atoms with van der Waals surface area (Å²) in [6, 6.07) is 1.27. The second-order valence-corrected chi connectivity index (χ2v) is 5.85. The first kappa shape index (κ1) is 15.5. The van der Waals surface area contributed by atoms with Crippen molar-refractivity contribution >= 4 is 19.0 Å². The van der Waals surface area contributed by atoms with E-state index in [9.17, 15) is 15.2 Å². The number of rotatable bonds is 3. The molecule has 0 aliphatic carbocycles. The van der Waals surface area contributed by atoms with Crippen LogP contribution in [0.5, 0.6) is 5.75 Å². The first-order chi connectivity index (χ1) is 9.62. The van der Waals surface area contributed by atoms with E-state index in [2.05, 4.69) is 4.98 Å². The summed E-state index contributed by atoms with van der Waals surface area (Å²) in [6.45, 7) is 7.78. The molecule has 1 aromatic rings. The van der Waals surface area contributed by atoms with Crippen LogP contribution in [-0.4, -0.2) is 33.3 Å². The molecule has 0 unspecified atom stereocenters. The molecule has 0 bridgehead atoms. The van der Waals surface area contributed by atoms with Crippen molar-refractivity contribution in [3.63, 3.8) is 0 Å². The Labute approximate surface area is 122 Å². The zero-order chi connectivity index (χ0) is 15.8. The molecule has 0 atom stereocenters. The minimum atomic E-state index is -0.739. The van der Waals surface area contributed by atoms with Crippen molar-refractivity contribution < 1.29 is 19.3 Å². The zero-order valence-corrected chi connectivity index (χ0v) is 12.4. The van der Waals surface area contributed by atoms with E-state index in [1.54, 1.807) is 12.1 Å². The van der Waals surface area contributed by atoms with E-state index in [4.69, 9.17) is 9.31 Å².